The lowest BCUT2D eigenvalue weighted by molar-refractivity contribution is -0.360. The number of halogens is 5. The van der Waals surface area contributed by atoms with Crippen molar-refractivity contribution in [3.63, 3.8) is 0 Å². The maximum atomic E-state index is 12.8. The standard InChI is InChI=1S/C12H14F5NO/c1-4-7(2)10-8(3)9(5-6-18-10)19-12(16,17)11(13,14)15/h5-7H,4H2,1-3H3. The molecule has 0 aliphatic rings. The fraction of sp³-hybridized carbons (Fsp3) is 0.583. The molecular weight excluding hydrogens is 269 g/mol. The lowest BCUT2D eigenvalue weighted by atomic mass is 10.00. The predicted molar refractivity (Wildman–Crippen MR) is 59.3 cm³/mol. The van der Waals surface area contributed by atoms with Gasteiger partial charge in [0, 0.05) is 17.5 Å². The fourth-order valence-electron chi connectivity index (χ4n) is 1.53. The van der Waals surface area contributed by atoms with Gasteiger partial charge in [0.05, 0.1) is 0 Å². The summed E-state index contributed by atoms with van der Waals surface area (Å²) in [6, 6.07) is 1.00. The van der Waals surface area contributed by atoms with Crippen molar-refractivity contribution in [1.82, 2.24) is 4.98 Å². The van der Waals surface area contributed by atoms with E-state index in [0.29, 0.717) is 12.1 Å². The minimum absolute atomic E-state index is 0.0527. The van der Waals surface area contributed by atoms with Crippen LogP contribution in [0.5, 0.6) is 5.75 Å². The molecule has 2 nitrogen and oxygen atoms in total. The second-order valence-corrected chi connectivity index (χ2v) is 4.25. The first-order valence-electron chi connectivity index (χ1n) is 5.69. The minimum atomic E-state index is -5.75. The van der Waals surface area contributed by atoms with E-state index in [4.69, 9.17) is 0 Å². The molecule has 0 N–H and O–H groups in total. The Morgan fingerprint density at radius 1 is 1.26 bits per heavy atom. The van der Waals surface area contributed by atoms with Crippen LogP contribution in [0.1, 0.15) is 37.4 Å². The minimum Gasteiger partial charge on any atom is -0.425 e. The molecule has 7 heteroatoms. The second-order valence-electron chi connectivity index (χ2n) is 4.25. The molecule has 0 radical (unpaired) electrons. The zero-order valence-corrected chi connectivity index (χ0v) is 10.7. The van der Waals surface area contributed by atoms with Gasteiger partial charge in [0.15, 0.2) is 0 Å². The van der Waals surface area contributed by atoms with E-state index >= 15 is 0 Å². The average molecular weight is 283 g/mol. The van der Waals surface area contributed by atoms with Gasteiger partial charge in [-0.3, -0.25) is 4.98 Å². The van der Waals surface area contributed by atoms with Crippen molar-refractivity contribution in [2.45, 2.75) is 45.4 Å². The number of rotatable bonds is 4. The highest BCUT2D eigenvalue weighted by Gasteiger charge is 2.61. The van der Waals surface area contributed by atoms with Crippen LogP contribution in [-0.4, -0.2) is 17.3 Å². The van der Waals surface area contributed by atoms with Gasteiger partial charge in [-0.1, -0.05) is 13.8 Å². The highest BCUT2D eigenvalue weighted by atomic mass is 19.4. The van der Waals surface area contributed by atoms with E-state index in [1.165, 1.54) is 6.92 Å². The summed E-state index contributed by atoms with van der Waals surface area (Å²) in [4.78, 5) is 4.00. The van der Waals surface area contributed by atoms with Crippen LogP contribution in [0.25, 0.3) is 0 Å². The van der Waals surface area contributed by atoms with Gasteiger partial charge < -0.3 is 4.74 Å². The lowest BCUT2D eigenvalue weighted by Gasteiger charge is -2.22. The molecule has 0 bridgehead atoms. The number of aromatic nitrogens is 1. The Kier molecular flexibility index (Phi) is 4.37. The van der Waals surface area contributed by atoms with E-state index in [2.05, 4.69) is 9.72 Å². The van der Waals surface area contributed by atoms with Gasteiger partial charge in [0.2, 0.25) is 0 Å². The molecule has 1 unspecified atom stereocenters. The molecule has 0 fully saturated rings. The van der Waals surface area contributed by atoms with Gasteiger partial charge in [-0.15, -0.1) is 0 Å². The van der Waals surface area contributed by atoms with Crippen molar-refractivity contribution in [2.24, 2.45) is 0 Å². The Morgan fingerprint density at radius 2 is 1.84 bits per heavy atom. The number of ether oxygens (including phenoxy) is 1. The Balaban J connectivity index is 3.10. The third kappa shape index (κ3) is 3.33. The smallest absolute Gasteiger partial charge is 0.425 e. The van der Waals surface area contributed by atoms with Gasteiger partial charge in [-0.2, -0.15) is 22.0 Å². The van der Waals surface area contributed by atoms with E-state index in [1.54, 1.807) is 6.92 Å². The first-order chi connectivity index (χ1) is 8.60. The molecule has 0 saturated heterocycles. The summed E-state index contributed by atoms with van der Waals surface area (Å²) < 4.78 is 65.8. The molecule has 108 valence electrons. The van der Waals surface area contributed by atoms with Crippen LogP contribution in [0.3, 0.4) is 0 Å². The van der Waals surface area contributed by atoms with Crippen molar-refractivity contribution < 1.29 is 26.7 Å². The summed E-state index contributed by atoms with van der Waals surface area (Å²) in [5, 5.41) is 0. The normalized spacial score (nSPS) is 14.3. The lowest BCUT2D eigenvalue weighted by Crippen LogP contribution is -2.42. The largest absolute Gasteiger partial charge is 0.499 e. The first kappa shape index (κ1) is 15.7. The van der Waals surface area contributed by atoms with Gasteiger partial charge in [0.1, 0.15) is 5.75 Å². The molecule has 0 amide bonds. The van der Waals surface area contributed by atoms with Crippen LogP contribution in [0.2, 0.25) is 0 Å². The Morgan fingerprint density at radius 3 is 2.32 bits per heavy atom. The summed E-state index contributed by atoms with van der Waals surface area (Å²) >= 11 is 0. The highest BCUT2D eigenvalue weighted by molar-refractivity contribution is 5.36. The quantitative estimate of drug-likeness (QED) is 0.762. The summed E-state index contributed by atoms with van der Waals surface area (Å²) in [5.74, 6) is -0.560. The van der Waals surface area contributed by atoms with Crippen molar-refractivity contribution in [3.05, 3.63) is 23.5 Å². The molecule has 1 aromatic heterocycles. The Labute approximate surface area is 107 Å². The van der Waals surface area contributed by atoms with Gasteiger partial charge in [-0.05, 0) is 25.3 Å². The zero-order chi connectivity index (χ0) is 14.8. The zero-order valence-electron chi connectivity index (χ0n) is 10.7. The van der Waals surface area contributed by atoms with Crippen LogP contribution in [0.15, 0.2) is 12.3 Å². The first-order valence-corrected chi connectivity index (χ1v) is 5.69. The molecule has 1 atom stereocenters. The summed E-state index contributed by atoms with van der Waals surface area (Å²) in [5.41, 5.74) is 0.652. The fourth-order valence-corrected chi connectivity index (χ4v) is 1.53. The van der Waals surface area contributed by atoms with Crippen molar-refractivity contribution in [1.29, 1.82) is 0 Å². The van der Waals surface area contributed by atoms with Crippen molar-refractivity contribution >= 4 is 0 Å². The maximum Gasteiger partial charge on any atom is 0.499 e. The van der Waals surface area contributed by atoms with E-state index in [9.17, 15) is 22.0 Å². The van der Waals surface area contributed by atoms with Crippen LogP contribution in [0.4, 0.5) is 22.0 Å². The van der Waals surface area contributed by atoms with Crippen LogP contribution in [-0.2, 0) is 0 Å². The molecule has 1 heterocycles. The predicted octanol–water partition coefficient (Wildman–Crippen LogP) is 4.44. The summed E-state index contributed by atoms with van der Waals surface area (Å²) in [6.45, 7) is 5.08. The molecule has 0 aliphatic heterocycles. The number of hydrogen-bond donors (Lipinski definition) is 0. The molecule has 1 rings (SSSR count). The van der Waals surface area contributed by atoms with Crippen molar-refractivity contribution in [2.75, 3.05) is 0 Å². The van der Waals surface area contributed by atoms with E-state index in [1.807, 2.05) is 6.92 Å². The van der Waals surface area contributed by atoms with Gasteiger partial charge in [-0.25, -0.2) is 0 Å². The van der Waals surface area contributed by atoms with Crippen LogP contribution >= 0.6 is 0 Å². The van der Waals surface area contributed by atoms with Gasteiger partial charge >= 0.3 is 12.3 Å². The molecular formula is C12H14F5NO. The molecule has 0 saturated carbocycles. The Hall–Kier alpha value is -1.40. The Bertz CT molecular complexity index is 444. The maximum absolute atomic E-state index is 12.8. The van der Waals surface area contributed by atoms with E-state index < -0.39 is 18.0 Å². The highest BCUT2D eigenvalue weighted by Crippen LogP contribution is 2.39. The van der Waals surface area contributed by atoms with Crippen LogP contribution in [0, 0.1) is 6.92 Å². The third-order valence-corrected chi connectivity index (χ3v) is 2.84. The van der Waals surface area contributed by atoms with E-state index in [0.717, 1.165) is 12.3 Å². The number of nitrogens with zero attached hydrogens (tertiary/aromatic N) is 1. The van der Waals surface area contributed by atoms with Gasteiger partial charge in [0.25, 0.3) is 0 Å². The SMILES string of the molecule is CCC(C)c1nccc(OC(F)(F)C(F)(F)F)c1C. The topological polar surface area (TPSA) is 22.1 Å². The monoisotopic (exact) mass is 283 g/mol. The number of hydrogen-bond acceptors (Lipinski definition) is 2. The molecule has 19 heavy (non-hydrogen) atoms. The second kappa shape index (κ2) is 5.30. The number of alkyl halides is 5. The third-order valence-electron chi connectivity index (χ3n) is 2.84. The molecule has 0 spiro atoms. The average Bonchev–Trinajstić information content (AvgIpc) is 2.29. The molecule has 0 aliphatic carbocycles. The van der Waals surface area contributed by atoms with Crippen molar-refractivity contribution in [3.8, 4) is 5.75 Å². The summed E-state index contributed by atoms with van der Waals surface area (Å²) in [7, 11) is 0. The van der Waals surface area contributed by atoms with Crippen LogP contribution < -0.4 is 4.74 Å². The van der Waals surface area contributed by atoms with E-state index in [-0.39, 0.29) is 11.5 Å². The molecule has 1 aromatic rings. The molecule has 0 aromatic carbocycles. The summed E-state index contributed by atoms with van der Waals surface area (Å²) in [6.07, 6.45) is -9.12. The number of pyridine rings is 1.